The number of benzene rings is 1. The summed E-state index contributed by atoms with van der Waals surface area (Å²) in [6.45, 7) is 0. The van der Waals surface area contributed by atoms with Gasteiger partial charge in [-0.3, -0.25) is 0 Å². The van der Waals surface area contributed by atoms with E-state index in [0.717, 1.165) is 18.4 Å². The molecule has 1 aromatic rings. The van der Waals surface area contributed by atoms with Crippen molar-refractivity contribution in [1.82, 2.24) is 0 Å². The van der Waals surface area contributed by atoms with Gasteiger partial charge in [0.2, 0.25) is 0 Å². The fourth-order valence-corrected chi connectivity index (χ4v) is 2.96. The average Bonchev–Trinajstić information content (AvgIpc) is 2.39. The highest BCUT2D eigenvalue weighted by Crippen LogP contribution is 2.33. The Kier molecular flexibility index (Phi) is 6.44. The van der Waals surface area contributed by atoms with Gasteiger partial charge in [0.1, 0.15) is 0 Å². The molecule has 0 heterocycles. The number of halogens is 2. The van der Waals surface area contributed by atoms with Crippen LogP contribution in [-0.4, -0.2) is 11.2 Å². The van der Waals surface area contributed by atoms with Gasteiger partial charge in [-0.1, -0.05) is 49.1 Å². The van der Waals surface area contributed by atoms with Crippen molar-refractivity contribution in [3.63, 3.8) is 0 Å². The molecule has 0 saturated heterocycles. The van der Waals surface area contributed by atoms with Crippen LogP contribution in [0, 0.1) is 5.92 Å². The Morgan fingerprint density at radius 3 is 2.39 bits per heavy atom. The topological polar surface area (TPSA) is 46.2 Å². The van der Waals surface area contributed by atoms with Gasteiger partial charge in [-0.2, -0.15) is 0 Å². The Morgan fingerprint density at radius 2 is 1.78 bits per heavy atom. The molecule has 1 aromatic carbocycles. The lowest BCUT2D eigenvalue weighted by Crippen LogP contribution is -2.34. The van der Waals surface area contributed by atoms with Gasteiger partial charge in [0.15, 0.2) is 0 Å². The van der Waals surface area contributed by atoms with Gasteiger partial charge in [-0.25, -0.2) is 0 Å². The van der Waals surface area contributed by atoms with Crippen LogP contribution in [0.5, 0.6) is 0 Å². The average molecular weight is 290 g/mol. The Bertz CT molecular complexity index is 367. The monoisotopic (exact) mass is 289 g/mol. The Hall–Kier alpha value is -0.280. The first kappa shape index (κ1) is 15.8. The molecular weight excluding hydrogens is 269 g/mol. The Balaban J connectivity index is 0.00000162. The number of nitrogens with two attached hydrogens (primary N) is 1. The number of hydrogen-bond donors (Lipinski definition) is 2. The van der Waals surface area contributed by atoms with E-state index in [4.69, 9.17) is 17.3 Å². The SMILES string of the molecule is Cl.N[C@H](c1ccccc1Cl)[C@@H](O)C1CCCCC1. The second-order valence-corrected chi connectivity index (χ2v) is 5.34. The van der Waals surface area contributed by atoms with E-state index in [1.807, 2.05) is 24.3 Å². The molecule has 1 aliphatic carbocycles. The van der Waals surface area contributed by atoms with E-state index in [-0.39, 0.29) is 18.4 Å². The first-order chi connectivity index (χ1) is 8.20. The minimum Gasteiger partial charge on any atom is -0.391 e. The van der Waals surface area contributed by atoms with Crippen LogP contribution in [0.1, 0.15) is 43.7 Å². The van der Waals surface area contributed by atoms with Gasteiger partial charge in [-0.15, -0.1) is 12.4 Å². The summed E-state index contributed by atoms with van der Waals surface area (Å²) in [5, 5.41) is 11.0. The molecule has 2 nitrogen and oxygen atoms in total. The molecule has 0 aliphatic heterocycles. The smallest absolute Gasteiger partial charge is 0.0761 e. The van der Waals surface area contributed by atoms with Gasteiger partial charge in [0.05, 0.1) is 12.1 Å². The summed E-state index contributed by atoms with van der Waals surface area (Å²) in [6.07, 6.45) is 5.38. The second-order valence-electron chi connectivity index (χ2n) is 4.94. The van der Waals surface area contributed by atoms with Crippen LogP contribution in [0.4, 0.5) is 0 Å². The zero-order valence-corrected chi connectivity index (χ0v) is 12.0. The first-order valence-electron chi connectivity index (χ1n) is 6.38. The summed E-state index contributed by atoms with van der Waals surface area (Å²) in [5.74, 6) is 0.329. The highest BCUT2D eigenvalue weighted by atomic mass is 35.5. The van der Waals surface area contributed by atoms with Crippen molar-refractivity contribution in [3.8, 4) is 0 Å². The lowest BCUT2D eigenvalue weighted by atomic mass is 9.81. The molecule has 2 atom stereocenters. The third-order valence-corrected chi connectivity index (χ3v) is 4.11. The van der Waals surface area contributed by atoms with Crippen molar-refractivity contribution in [3.05, 3.63) is 34.9 Å². The minimum absolute atomic E-state index is 0. The normalized spacial score (nSPS) is 19.9. The van der Waals surface area contributed by atoms with Gasteiger partial charge in [-0.05, 0) is 30.4 Å². The molecular formula is C14H21Cl2NO. The van der Waals surface area contributed by atoms with E-state index in [0.29, 0.717) is 10.9 Å². The van der Waals surface area contributed by atoms with E-state index >= 15 is 0 Å². The lowest BCUT2D eigenvalue weighted by molar-refractivity contribution is 0.0618. The van der Waals surface area contributed by atoms with Crippen LogP contribution >= 0.6 is 24.0 Å². The summed E-state index contributed by atoms with van der Waals surface area (Å²) < 4.78 is 0. The van der Waals surface area contributed by atoms with E-state index < -0.39 is 6.10 Å². The molecule has 1 saturated carbocycles. The van der Waals surface area contributed by atoms with E-state index in [2.05, 4.69) is 0 Å². The van der Waals surface area contributed by atoms with Crippen LogP contribution in [0.2, 0.25) is 5.02 Å². The van der Waals surface area contributed by atoms with E-state index in [1.165, 1.54) is 19.3 Å². The molecule has 0 aromatic heterocycles. The van der Waals surface area contributed by atoms with Crippen molar-refractivity contribution < 1.29 is 5.11 Å². The molecule has 0 unspecified atom stereocenters. The van der Waals surface area contributed by atoms with Gasteiger partial charge in [0.25, 0.3) is 0 Å². The van der Waals surface area contributed by atoms with Crippen LogP contribution in [0.25, 0.3) is 0 Å². The molecule has 18 heavy (non-hydrogen) atoms. The van der Waals surface area contributed by atoms with Crippen LogP contribution < -0.4 is 5.73 Å². The highest BCUT2D eigenvalue weighted by Gasteiger charge is 2.28. The first-order valence-corrected chi connectivity index (χ1v) is 6.76. The molecule has 0 radical (unpaired) electrons. The van der Waals surface area contributed by atoms with Crippen LogP contribution in [-0.2, 0) is 0 Å². The zero-order valence-electron chi connectivity index (χ0n) is 10.4. The summed E-state index contributed by atoms with van der Waals surface area (Å²) in [6, 6.07) is 7.15. The second kappa shape index (κ2) is 7.34. The maximum atomic E-state index is 10.3. The van der Waals surface area contributed by atoms with Crippen molar-refractivity contribution >= 4 is 24.0 Å². The molecule has 1 aliphatic rings. The third kappa shape index (κ3) is 3.61. The number of aliphatic hydroxyl groups excluding tert-OH is 1. The van der Waals surface area contributed by atoms with E-state index in [1.54, 1.807) is 0 Å². The molecule has 0 bridgehead atoms. The van der Waals surface area contributed by atoms with Crippen molar-refractivity contribution in [2.45, 2.75) is 44.2 Å². The summed E-state index contributed by atoms with van der Waals surface area (Å²) in [5.41, 5.74) is 6.99. The number of hydrogen-bond acceptors (Lipinski definition) is 2. The zero-order chi connectivity index (χ0) is 12.3. The molecule has 2 rings (SSSR count). The quantitative estimate of drug-likeness (QED) is 0.891. The minimum atomic E-state index is -0.477. The lowest BCUT2D eigenvalue weighted by Gasteiger charge is -2.30. The maximum Gasteiger partial charge on any atom is 0.0761 e. The summed E-state index contributed by atoms with van der Waals surface area (Å²) >= 11 is 6.11. The van der Waals surface area contributed by atoms with Crippen LogP contribution in [0.15, 0.2) is 24.3 Å². The fraction of sp³-hybridized carbons (Fsp3) is 0.571. The predicted molar refractivity (Wildman–Crippen MR) is 78.2 cm³/mol. The Morgan fingerprint density at radius 1 is 1.17 bits per heavy atom. The standard InChI is InChI=1S/C14H20ClNO.ClH/c15-12-9-5-4-8-11(12)13(16)14(17)10-6-2-1-3-7-10;/h4-5,8-10,13-14,17H,1-3,6-7,16H2;1H/t13-,14+;/m1./s1. The highest BCUT2D eigenvalue weighted by molar-refractivity contribution is 6.31. The number of aliphatic hydroxyl groups is 1. The van der Waals surface area contributed by atoms with Gasteiger partial charge < -0.3 is 10.8 Å². The molecule has 4 heteroatoms. The molecule has 102 valence electrons. The van der Waals surface area contributed by atoms with Crippen molar-refractivity contribution in [1.29, 1.82) is 0 Å². The molecule has 1 fully saturated rings. The molecule has 3 N–H and O–H groups in total. The van der Waals surface area contributed by atoms with Crippen molar-refractivity contribution in [2.75, 3.05) is 0 Å². The van der Waals surface area contributed by atoms with Gasteiger partial charge in [0, 0.05) is 5.02 Å². The predicted octanol–water partition coefficient (Wildman–Crippen LogP) is 3.70. The molecule has 0 spiro atoms. The van der Waals surface area contributed by atoms with E-state index in [9.17, 15) is 5.11 Å². The third-order valence-electron chi connectivity index (χ3n) is 3.77. The maximum absolute atomic E-state index is 10.3. The van der Waals surface area contributed by atoms with Crippen LogP contribution in [0.3, 0.4) is 0 Å². The summed E-state index contributed by atoms with van der Waals surface area (Å²) in [7, 11) is 0. The fourth-order valence-electron chi connectivity index (χ4n) is 2.70. The van der Waals surface area contributed by atoms with Gasteiger partial charge >= 0.3 is 0 Å². The number of rotatable bonds is 3. The Labute approximate surface area is 120 Å². The molecule has 0 amide bonds. The largest absolute Gasteiger partial charge is 0.391 e. The summed E-state index contributed by atoms with van der Waals surface area (Å²) in [4.78, 5) is 0. The van der Waals surface area contributed by atoms with Crippen molar-refractivity contribution in [2.24, 2.45) is 11.7 Å².